The van der Waals surface area contributed by atoms with E-state index >= 15 is 0 Å². The first-order valence-corrected chi connectivity index (χ1v) is 3.58. The van der Waals surface area contributed by atoms with Gasteiger partial charge in [-0.2, -0.15) is 0 Å². The maximum Gasteiger partial charge on any atom is 0.0585 e. The van der Waals surface area contributed by atoms with Crippen LogP contribution in [0.3, 0.4) is 0 Å². The highest BCUT2D eigenvalue weighted by Crippen LogP contribution is 1.74. The van der Waals surface area contributed by atoms with Crippen LogP contribution in [0.5, 0.6) is 0 Å². The molecule has 0 fully saturated rings. The fraction of sp³-hybridized carbons (Fsp3) is 1.00. The third-order valence-corrected chi connectivity index (χ3v) is 1.06. The Morgan fingerprint density at radius 1 is 1.83 bits per heavy atom. The van der Waals surface area contributed by atoms with Crippen LogP contribution in [0.4, 0.5) is 0 Å². The lowest BCUT2D eigenvalue weighted by Gasteiger charge is -1.85. The van der Waals surface area contributed by atoms with Gasteiger partial charge in [0.25, 0.3) is 0 Å². The number of rotatable bonds is 3. The predicted octanol–water partition coefficient (Wildman–Crippen LogP) is -0.142. The molecule has 6 heavy (non-hydrogen) atoms. The number of nitrogens with two attached hydrogens (primary N) is 1. The van der Waals surface area contributed by atoms with Crippen molar-refractivity contribution in [1.82, 2.24) is 5.09 Å². The highest BCUT2D eigenvalue weighted by Gasteiger charge is 1.69. The van der Waals surface area contributed by atoms with E-state index < -0.39 is 0 Å². The Labute approximate surface area is 44.0 Å². The quantitative estimate of drug-likeness (QED) is 0.404. The average molecular weight is 122 g/mol. The van der Waals surface area contributed by atoms with E-state index in [0.717, 1.165) is 14.1 Å². The maximum atomic E-state index is 5.10. The lowest BCUT2D eigenvalue weighted by atomic mass is 10.7. The standard InChI is InChI=1S/C2H7N2PS/c3-1-2-4-5-6/h1-3H2,(H,4,6). The Kier molecular flexibility index (Phi) is 5.84. The highest BCUT2D eigenvalue weighted by molar-refractivity contribution is 7.95. The molecule has 0 aliphatic heterocycles. The molecule has 3 N–H and O–H groups in total. The summed E-state index contributed by atoms with van der Waals surface area (Å²) < 4.78 is 0. The molecule has 0 aliphatic rings. The Bertz CT molecular complexity index is 40.5. The molecule has 0 amide bonds. The largest absolute Gasteiger partial charge is 0.329 e. The molecule has 36 valence electrons. The molecule has 0 aromatic carbocycles. The second kappa shape index (κ2) is 5.44. The van der Waals surface area contributed by atoms with Crippen molar-refractivity contribution in [2.24, 2.45) is 5.73 Å². The molecular formula is C2H7N2PS. The minimum atomic E-state index is 0.670. The third kappa shape index (κ3) is 4.44. The summed E-state index contributed by atoms with van der Waals surface area (Å²) >= 11 is 4.52. The predicted molar refractivity (Wildman–Crippen MR) is 31.3 cm³/mol. The molecule has 0 rings (SSSR count). The van der Waals surface area contributed by atoms with Crippen LogP contribution in [-0.4, -0.2) is 13.1 Å². The van der Waals surface area contributed by atoms with Gasteiger partial charge in [0, 0.05) is 13.1 Å². The first kappa shape index (κ1) is 6.44. The summed E-state index contributed by atoms with van der Waals surface area (Å²) in [5.74, 6) is 0. The zero-order valence-corrected chi connectivity index (χ0v) is 5.06. The van der Waals surface area contributed by atoms with E-state index in [9.17, 15) is 0 Å². The van der Waals surface area contributed by atoms with E-state index in [-0.39, 0.29) is 0 Å². The third-order valence-electron chi connectivity index (χ3n) is 0.321. The molecule has 2 nitrogen and oxygen atoms in total. The monoisotopic (exact) mass is 122 g/mol. The molecule has 0 unspecified atom stereocenters. The van der Waals surface area contributed by atoms with E-state index in [0.29, 0.717) is 6.54 Å². The molecular weight excluding hydrogens is 115 g/mol. The molecule has 4 heteroatoms. The molecule has 0 bridgehead atoms. The van der Waals surface area contributed by atoms with E-state index in [1.807, 2.05) is 0 Å². The van der Waals surface area contributed by atoms with Crippen LogP contribution < -0.4 is 10.8 Å². The van der Waals surface area contributed by atoms with Crippen LogP contribution in [0.25, 0.3) is 0 Å². The summed E-state index contributed by atoms with van der Waals surface area (Å²) in [7, 11) is 0.799. The summed E-state index contributed by atoms with van der Waals surface area (Å²) in [5.41, 5.74) is 5.10. The van der Waals surface area contributed by atoms with Crippen LogP contribution in [-0.2, 0) is 11.8 Å². The Morgan fingerprint density at radius 3 is 2.67 bits per heavy atom. The molecule has 0 heterocycles. The van der Waals surface area contributed by atoms with Crippen molar-refractivity contribution < 1.29 is 0 Å². The van der Waals surface area contributed by atoms with Crippen LogP contribution in [0, 0.1) is 0 Å². The van der Waals surface area contributed by atoms with Crippen molar-refractivity contribution in [1.29, 1.82) is 0 Å². The molecule has 0 saturated heterocycles. The summed E-state index contributed by atoms with van der Waals surface area (Å²) in [6.07, 6.45) is 0. The first-order chi connectivity index (χ1) is 2.91. The fourth-order valence-electron chi connectivity index (χ4n) is 0.110. The fourth-order valence-corrected chi connectivity index (χ4v) is 0.604. The molecule has 0 radical (unpaired) electrons. The Balaban J connectivity index is 2.49. The average Bonchev–Trinajstić information content (AvgIpc) is 1.61. The van der Waals surface area contributed by atoms with Crippen molar-refractivity contribution >= 4 is 19.3 Å². The maximum absolute atomic E-state index is 5.10. The van der Waals surface area contributed by atoms with Crippen molar-refractivity contribution in [3.63, 3.8) is 0 Å². The summed E-state index contributed by atoms with van der Waals surface area (Å²) in [6.45, 7) is 1.49. The molecule has 0 atom stereocenters. The minimum Gasteiger partial charge on any atom is -0.329 e. The van der Waals surface area contributed by atoms with Crippen LogP contribution in [0.15, 0.2) is 0 Å². The van der Waals surface area contributed by atoms with Crippen molar-refractivity contribution in [2.75, 3.05) is 13.1 Å². The molecule has 0 saturated carbocycles. The van der Waals surface area contributed by atoms with Crippen LogP contribution >= 0.6 is 7.51 Å². The molecule has 0 aliphatic carbocycles. The Hall–Kier alpha value is 0.440. The molecule has 0 aromatic rings. The van der Waals surface area contributed by atoms with Gasteiger partial charge >= 0.3 is 0 Å². The second-order valence-electron chi connectivity index (χ2n) is 0.788. The van der Waals surface area contributed by atoms with Gasteiger partial charge in [-0.3, -0.25) is 5.09 Å². The van der Waals surface area contributed by atoms with Crippen molar-refractivity contribution in [2.45, 2.75) is 0 Å². The van der Waals surface area contributed by atoms with E-state index in [1.165, 1.54) is 0 Å². The smallest absolute Gasteiger partial charge is 0.0585 e. The van der Waals surface area contributed by atoms with Gasteiger partial charge in [-0.1, -0.05) is 0 Å². The zero-order chi connectivity index (χ0) is 4.83. The van der Waals surface area contributed by atoms with E-state index in [1.54, 1.807) is 0 Å². The highest BCUT2D eigenvalue weighted by atomic mass is 32.4. The van der Waals surface area contributed by atoms with Gasteiger partial charge in [-0.05, 0) is 11.8 Å². The molecule has 0 spiro atoms. The van der Waals surface area contributed by atoms with Crippen molar-refractivity contribution in [3.05, 3.63) is 0 Å². The van der Waals surface area contributed by atoms with Gasteiger partial charge in [-0.25, -0.2) is 0 Å². The van der Waals surface area contributed by atoms with Gasteiger partial charge in [0.05, 0.1) is 7.51 Å². The summed E-state index contributed by atoms with van der Waals surface area (Å²) in [5, 5.41) is 2.86. The minimum absolute atomic E-state index is 0.670. The van der Waals surface area contributed by atoms with Gasteiger partial charge in [0.15, 0.2) is 0 Å². The van der Waals surface area contributed by atoms with Crippen LogP contribution in [0.2, 0.25) is 0 Å². The molecule has 0 aromatic heterocycles. The second-order valence-corrected chi connectivity index (χ2v) is 1.83. The normalized spacial score (nSPS) is 9.50. The topological polar surface area (TPSA) is 38.0 Å². The van der Waals surface area contributed by atoms with Gasteiger partial charge < -0.3 is 5.73 Å². The van der Waals surface area contributed by atoms with Gasteiger partial charge in [0.2, 0.25) is 0 Å². The van der Waals surface area contributed by atoms with E-state index in [4.69, 9.17) is 5.73 Å². The number of hydrogen-bond donors (Lipinski definition) is 2. The zero-order valence-electron chi connectivity index (χ0n) is 3.35. The van der Waals surface area contributed by atoms with E-state index in [2.05, 4.69) is 16.9 Å². The lowest BCUT2D eigenvalue weighted by Crippen LogP contribution is -2.13. The summed E-state index contributed by atoms with van der Waals surface area (Å²) in [6, 6.07) is 0. The SMILES string of the molecule is NCCNP=S. The summed E-state index contributed by atoms with van der Waals surface area (Å²) in [4.78, 5) is 0. The number of hydrogen-bond acceptors (Lipinski definition) is 2. The number of nitrogens with one attached hydrogen (secondary N) is 1. The van der Waals surface area contributed by atoms with Gasteiger partial charge in [0.1, 0.15) is 0 Å². The lowest BCUT2D eigenvalue weighted by molar-refractivity contribution is 0.918. The Morgan fingerprint density at radius 2 is 2.50 bits per heavy atom. The van der Waals surface area contributed by atoms with Crippen molar-refractivity contribution in [3.8, 4) is 0 Å². The van der Waals surface area contributed by atoms with Crippen LogP contribution in [0.1, 0.15) is 0 Å². The van der Waals surface area contributed by atoms with Gasteiger partial charge in [-0.15, -0.1) is 0 Å². The first-order valence-electron chi connectivity index (χ1n) is 1.67.